The van der Waals surface area contributed by atoms with Crippen molar-refractivity contribution in [1.82, 2.24) is 10.2 Å². The predicted molar refractivity (Wildman–Crippen MR) is 147 cm³/mol. The van der Waals surface area contributed by atoms with Crippen molar-refractivity contribution in [3.8, 4) is 0 Å². The van der Waals surface area contributed by atoms with Crippen molar-refractivity contribution in [3.05, 3.63) is 64.7 Å². The summed E-state index contributed by atoms with van der Waals surface area (Å²) in [5, 5.41) is 16.8. The van der Waals surface area contributed by atoms with E-state index in [1.165, 1.54) is 4.90 Å². The zero-order valence-electron chi connectivity index (χ0n) is 21.2. The van der Waals surface area contributed by atoms with Crippen LogP contribution >= 0.6 is 27.5 Å². The minimum atomic E-state index is -1.24. The van der Waals surface area contributed by atoms with Gasteiger partial charge in [0.15, 0.2) is 0 Å². The molecule has 2 aromatic rings. The number of nitrogens with zero attached hydrogens (tertiary/aromatic N) is 1. The van der Waals surface area contributed by atoms with E-state index in [1.54, 1.807) is 12.1 Å². The minimum Gasteiger partial charge on any atom is -0.394 e. The average molecular weight is 605 g/mol. The number of nitrogens with one attached hydrogen (secondary N) is 2. The van der Waals surface area contributed by atoms with Gasteiger partial charge in [-0.3, -0.25) is 14.4 Å². The van der Waals surface area contributed by atoms with Gasteiger partial charge in [0.25, 0.3) is 0 Å². The van der Waals surface area contributed by atoms with Gasteiger partial charge >= 0.3 is 0 Å². The minimum absolute atomic E-state index is 0.217. The molecular weight excluding hydrogens is 574 g/mol. The van der Waals surface area contributed by atoms with E-state index in [0.717, 1.165) is 12.0 Å². The number of hydrogen-bond donors (Lipinski definition) is 3. The number of anilines is 1. The zero-order chi connectivity index (χ0) is 27.2. The van der Waals surface area contributed by atoms with Crippen molar-refractivity contribution in [2.45, 2.75) is 55.3 Å². The fraction of sp³-hybridized carbons (Fsp3) is 0.464. The fourth-order valence-corrected chi connectivity index (χ4v) is 7.59. The normalized spacial score (nSPS) is 30.3. The maximum atomic E-state index is 14.3. The highest BCUT2D eigenvalue weighted by Crippen LogP contribution is 2.61. The van der Waals surface area contributed by atoms with Crippen LogP contribution in [-0.2, 0) is 19.1 Å². The molecule has 0 radical (unpaired) electrons. The summed E-state index contributed by atoms with van der Waals surface area (Å²) in [5.41, 5.74) is 0.658. The Bertz CT molecular complexity index is 1230. The number of aliphatic hydroxyl groups is 1. The Balaban J connectivity index is 1.61. The van der Waals surface area contributed by atoms with Crippen LogP contribution in [0.4, 0.5) is 5.69 Å². The number of carbonyl (C=O) groups is 3. The molecule has 2 aromatic carbocycles. The number of aliphatic hydroxyl groups excluding tert-OH is 1. The molecule has 202 valence electrons. The number of likely N-dealkylation sites (tertiary alicyclic amines) is 1. The first-order chi connectivity index (χ1) is 18.2. The highest BCUT2D eigenvalue weighted by atomic mass is 79.9. The SMILES string of the molecule is CCCNC(=O)[C@H]1[C@@H]2OC3(CC2Br)C(C(=O)Nc2c(C)cccc2Cl)N([C@H](CO)c2ccccc2)C(=O)[C@H]13. The van der Waals surface area contributed by atoms with Gasteiger partial charge in [-0.15, -0.1) is 0 Å². The van der Waals surface area contributed by atoms with Gasteiger partial charge in [0.1, 0.15) is 11.6 Å². The van der Waals surface area contributed by atoms with E-state index in [2.05, 4.69) is 26.6 Å². The highest BCUT2D eigenvalue weighted by molar-refractivity contribution is 9.09. The van der Waals surface area contributed by atoms with Gasteiger partial charge in [0.05, 0.1) is 41.3 Å². The number of para-hydroxylation sites is 1. The Labute approximate surface area is 235 Å². The Hall–Kier alpha value is -2.46. The smallest absolute Gasteiger partial charge is 0.250 e. The molecule has 7 atom stereocenters. The van der Waals surface area contributed by atoms with E-state index >= 15 is 0 Å². The van der Waals surface area contributed by atoms with Crippen LogP contribution in [0.2, 0.25) is 5.02 Å². The van der Waals surface area contributed by atoms with Crippen molar-refractivity contribution in [3.63, 3.8) is 0 Å². The van der Waals surface area contributed by atoms with E-state index in [1.807, 2.05) is 50.2 Å². The standard InChI is InChI=1S/C28H31BrClN3O5/c1-3-12-31-25(35)20-21-27(37)33(19(14-34)16-9-5-4-6-10-16)24(28(21)13-17(29)23(20)38-28)26(36)32-22-15(2)8-7-11-18(22)30/h4-11,17,19-21,23-24,34H,3,12-14H2,1-2H3,(H,31,35)(H,32,36)/t17?,19-,20-,21+,23-,24?,28?/m1/s1. The molecule has 10 heteroatoms. The Morgan fingerprint density at radius 1 is 1.21 bits per heavy atom. The van der Waals surface area contributed by atoms with Crippen LogP contribution in [0.3, 0.4) is 0 Å². The van der Waals surface area contributed by atoms with Crippen molar-refractivity contribution in [1.29, 1.82) is 0 Å². The molecule has 5 rings (SSSR count). The molecule has 0 aliphatic carbocycles. The quantitative estimate of drug-likeness (QED) is 0.399. The topological polar surface area (TPSA) is 108 Å². The molecule has 3 N–H and O–H groups in total. The molecule has 3 amide bonds. The number of hydrogen-bond acceptors (Lipinski definition) is 5. The molecule has 0 saturated carbocycles. The van der Waals surface area contributed by atoms with Gasteiger partial charge in [-0.1, -0.05) is 76.9 Å². The second-order valence-electron chi connectivity index (χ2n) is 10.2. The van der Waals surface area contributed by atoms with Crippen molar-refractivity contribution in [2.75, 3.05) is 18.5 Å². The third kappa shape index (κ3) is 4.24. The maximum Gasteiger partial charge on any atom is 0.250 e. The van der Waals surface area contributed by atoms with Crippen LogP contribution in [0, 0.1) is 18.8 Å². The lowest BCUT2D eigenvalue weighted by Gasteiger charge is -2.37. The summed E-state index contributed by atoms with van der Waals surface area (Å²) in [5.74, 6) is -2.73. The number of carbonyl (C=O) groups excluding carboxylic acids is 3. The van der Waals surface area contributed by atoms with E-state index < -0.39 is 48.1 Å². The average Bonchev–Trinajstić information content (AvgIpc) is 3.49. The molecule has 3 heterocycles. The first kappa shape index (κ1) is 27.1. The maximum absolute atomic E-state index is 14.3. The number of aryl methyl sites for hydroxylation is 1. The van der Waals surface area contributed by atoms with Crippen LogP contribution in [0.15, 0.2) is 48.5 Å². The molecule has 3 aliphatic heterocycles. The monoisotopic (exact) mass is 603 g/mol. The first-order valence-corrected chi connectivity index (χ1v) is 14.2. The van der Waals surface area contributed by atoms with E-state index in [0.29, 0.717) is 29.2 Å². The highest BCUT2D eigenvalue weighted by Gasteiger charge is 2.77. The van der Waals surface area contributed by atoms with Gasteiger partial charge < -0.3 is 25.4 Å². The number of rotatable bonds is 8. The molecule has 0 aromatic heterocycles. The number of alkyl halides is 1. The lowest BCUT2D eigenvalue weighted by molar-refractivity contribution is -0.144. The summed E-state index contributed by atoms with van der Waals surface area (Å²) in [6, 6.07) is 12.5. The second-order valence-corrected chi connectivity index (χ2v) is 11.8. The van der Waals surface area contributed by atoms with E-state index in [-0.39, 0.29) is 16.6 Å². The number of halogens is 2. The Kier molecular flexibility index (Phi) is 7.57. The van der Waals surface area contributed by atoms with E-state index in [9.17, 15) is 19.5 Å². The van der Waals surface area contributed by atoms with Crippen molar-refractivity contribution in [2.24, 2.45) is 11.8 Å². The third-order valence-electron chi connectivity index (χ3n) is 7.99. The van der Waals surface area contributed by atoms with Crippen molar-refractivity contribution >= 4 is 50.9 Å². The van der Waals surface area contributed by atoms with Gasteiger partial charge in [0.2, 0.25) is 17.7 Å². The molecule has 2 bridgehead atoms. The summed E-state index contributed by atoms with van der Waals surface area (Å²) in [6.45, 7) is 3.87. The summed E-state index contributed by atoms with van der Waals surface area (Å²) < 4.78 is 6.53. The summed E-state index contributed by atoms with van der Waals surface area (Å²) >= 11 is 10.1. The van der Waals surface area contributed by atoms with E-state index in [4.69, 9.17) is 16.3 Å². The molecule has 38 heavy (non-hydrogen) atoms. The van der Waals surface area contributed by atoms with Gasteiger partial charge in [0, 0.05) is 11.4 Å². The van der Waals surface area contributed by atoms with Crippen LogP contribution < -0.4 is 10.6 Å². The second kappa shape index (κ2) is 10.6. The molecule has 1 spiro atoms. The van der Waals surface area contributed by atoms with Gasteiger partial charge in [-0.25, -0.2) is 0 Å². The fourth-order valence-electron chi connectivity index (χ4n) is 6.38. The van der Waals surface area contributed by atoms with Gasteiger partial charge in [-0.2, -0.15) is 0 Å². The van der Waals surface area contributed by atoms with Crippen molar-refractivity contribution < 1.29 is 24.2 Å². The molecule has 3 aliphatic rings. The number of amides is 3. The van der Waals surface area contributed by atoms with Crippen LogP contribution in [-0.4, -0.2) is 63.5 Å². The largest absolute Gasteiger partial charge is 0.394 e. The lowest BCUT2D eigenvalue weighted by atomic mass is 9.70. The summed E-state index contributed by atoms with van der Waals surface area (Å²) in [7, 11) is 0. The van der Waals surface area contributed by atoms with Crippen LogP contribution in [0.1, 0.15) is 36.9 Å². The van der Waals surface area contributed by atoms with Gasteiger partial charge in [-0.05, 0) is 37.0 Å². The van der Waals surface area contributed by atoms with Crippen LogP contribution in [0.5, 0.6) is 0 Å². The Morgan fingerprint density at radius 3 is 2.61 bits per heavy atom. The summed E-state index contributed by atoms with van der Waals surface area (Å²) in [4.78, 5) is 43.0. The predicted octanol–water partition coefficient (Wildman–Crippen LogP) is 3.59. The Morgan fingerprint density at radius 2 is 1.95 bits per heavy atom. The zero-order valence-corrected chi connectivity index (χ0v) is 23.5. The molecule has 3 fully saturated rings. The molecular formula is C28H31BrClN3O5. The number of ether oxygens (including phenoxy) is 1. The molecule has 3 saturated heterocycles. The van der Waals surface area contributed by atoms with Crippen LogP contribution in [0.25, 0.3) is 0 Å². The molecule has 3 unspecified atom stereocenters. The number of benzene rings is 2. The third-order valence-corrected chi connectivity index (χ3v) is 9.15. The lowest BCUT2D eigenvalue weighted by Crippen LogP contribution is -2.55. The molecule has 8 nitrogen and oxygen atoms in total. The summed E-state index contributed by atoms with van der Waals surface area (Å²) in [6.07, 6.45) is 0.569. The first-order valence-electron chi connectivity index (χ1n) is 12.9. The number of fused-ring (bicyclic) bond motifs is 1.